The van der Waals surface area contributed by atoms with Gasteiger partial charge in [-0.2, -0.15) is 0 Å². The van der Waals surface area contributed by atoms with Crippen LogP contribution in [0.25, 0.3) is 0 Å². The van der Waals surface area contributed by atoms with E-state index in [2.05, 4.69) is 46.1 Å². The van der Waals surface area contributed by atoms with Crippen LogP contribution in [0.15, 0.2) is 0 Å². The minimum Gasteiger partial charge on any atom is -0.371 e. The highest BCUT2D eigenvalue weighted by molar-refractivity contribution is 6.82. The van der Waals surface area contributed by atoms with Crippen molar-refractivity contribution in [3.63, 3.8) is 0 Å². The predicted octanol–water partition coefficient (Wildman–Crippen LogP) is 3.64. The first-order valence-electron chi connectivity index (χ1n) is 5.93. The fraction of sp³-hybridized carbons (Fsp3) is 0.917. The van der Waals surface area contributed by atoms with Crippen molar-refractivity contribution in [2.45, 2.75) is 65.1 Å². The molecule has 0 heterocycles. The molecule has 0 aliphatic rings. The van der Waals surface area contributed by atoms with Crippen LogP contribution in [0.2, 0.25) is 16.6 Å². The summed E-state index contributed by atoms with van der Waals surface area (Å²) in [6, 6.07) is 0. The van der Waals surface area contributed by atoms with Crippen molar-refractivity contribution in [1.82, 2.24) is 4.57 Å². The van der Waals surface area contributed by atoms with Crippen LogP contribution in [-0.2, 0) is 4.79 Å². The Morgan fingerprint density at radius 2 is 1.20 bits per heavy atom. The second-order valence-corrected chi connectivity index (χ2v) is 11.3. The summed E-state index contributed by atoms with van der Waals surface area (Å²) in [5, 5.41) is 0. The zero-order chi connectivity index (χ0) is 12.4. The van der Waals surface area contributed by atoms with Gasteiger partial charge < -0.3 is 4.57 Å². The van der Waals surface area contributed by atoms with Crippen LogP contribution in [0.4, 0.5) is 0 Å². The Kier molecular flexibility index (Phi) is 5.04. The van der Waals surface area contributed by atoms with Gasteiger partial charge in [-0.15, -0.1) is 0 Å². The zero-order valence-corrected chi connectivity index (χ0v) is 12.6. The zero-order valence-electron chi connectivity index (χ0n) is 11.6. The van der Waals surface area contributed by atoms with E-state index in [4.69, 9.17) is 0 Å². The largest absolute Gasteiger partial charge is 0.371 e. The monoisotopic (exact) mass is 229 g/mol. The van der Waals surface area contributed by atoms with E-state index >= 15 is 0 Å². The molecule has 3 heteroatoms. The molecule has 2 nitrogen and oxygen atoms in total. The van der Waals surface area contributed by atoms with Crippen molar-refractivity contribution in [2.24, 2.45) is 0 Å². The lowest BCUT2D eigenvalue weighted by atomic mass is 10.5. The Labute approximate surface area is 96.1 Å². The molecule has 0 bridgehead atoms. The summed E-state index contributed by atoms with van der Waals surface area (Å²) in [6.45, 7) is 15.3. The van der Waals surface area contributed by atoms with Gasteiger partial charge in [0.25, 0.3) is 0 Å². The molecule has 0 aliphatic heterocycles. The molecule has 0 unspecified atom stereocenters. The summed E-state index contributed by atoms with van der Waals surface area (Å²) in [5.41, 5.74) is 1.81. The molecule has 0 N–H and O–H groups in total. The van der Waals surface area contributed by atoms with Gasteiger partial charge in [0.15, 0.2) is 8.24 Å². The van der Waals surface area contributed by atoms with E-state index in [1.54, 1.807) is 6.92 Å². The number of nitrogens with zero attached hydrogens (tertiary/aromatic N) is 1. The molecule has 0 aromatic rings. The van der Waals surface area contributed by atoms with Crippen molar-refractivity contribution in [3.8, 4) is 0 Å². The van der Waals surface area contributed by atoms with Gasteiger partial charge >= 0.3 is 0 Å². The van der Waals surface area contributed by atoms with E-state index in [1.165, 1.54) is 0 Å². The third-order valence-corrected chi connectivity index (χ3v) is 10.9. The smallest absolute Gasteiger partial charge is 0.211 e. The summed E-state index contributed by atoms with van der Waals surface area (Å²) in [5.74, 6) is 0.220. The van der Waals surface area contributed by atoms with Gasteiger partial charge in [-0.1, -0.05) is 41.5 Å². The third kappa shape index (κ3) is 2.44. The first kappa shape index (κ1) is 14.7. The highest BCUT2D eigenvalue weighted by atomic mass is 28.3. The normalized spacial score (nSPS) is 12.7. The number of carbonyl (C=O) groups excluding carboxylic acids is 1. The molecule has 0 aromatic heterocycles. The molecule has 0 aromatic carbocycles. The van der Waals surface area contributed by atoms with Crippen LogP contribution >= 0.6 is 0 Å². The summed E-state index contributed by atoms with van der Waals surface area (Å²) < 4.78 is 2.08. The number of rotatable bonds is 4. The van der Waals surface area contributed by atoms with Crippen molar-refractivity contribution in [2.75, 3.05) is 7.05 Å². The molecule has 0 aliphatic carbocycles. The Bertz CT molecular complexity index is 202. The molecular formula is C12H27NOSi. The first-order chi connectivity index (χ1) is 6.68. The van der Waals surface area contributed by atoms with Gasteiger partial charge in [-0.25, -0.2) is 0 Å². The van der Waals surface area contributed by atoms with Gasteiger partial charge in [0, 0.05) is 14.0 Å². The molecule has 0 saturated carbocycles. The first-order valence-corrected chi connectivity index (χ1v) is 8.11. The molecular weight excluding hydrogens is 202 g/mol. The molecule has 0 saturated heterocycles. The Balaban J connectivity index is 5.42. The number of amides is 1. The van der Waals surface area contributed by atoms with Gasteiger partial charge in [0.2, 0.25) is 5.91 Å². The average molecular weight is 229 g/mol. The summed E-state index contributed by atoms with van der Waals surface area (Å²) >= 11 is 0. The fourth-order valence-corrected chi connectivity index (χ4v) is 10.3. The quantitative estimate of drug-likeness (QED) is 0.674. The maximum Gasteiger partial charge on any atom is 0.211 e. The minimum atomic E-state index is -1.71. The highest BCUT2D eigenvalue weighted by Gasteiger charge is 2.47. The lowest BCUT2D eigenvalue weighted by Gasteiger charge is -2.49. The van der Waals surface area contributed by atoms with Gasteiger partial charge in [-0.3, -0.25) is 4.79 Å². The van der Waals surface area contributed by atoms with Gasteiger partial charge in [-0.05, 0) is 16.6 Å². The molecule has 0 radical (unpaired) electrons. The molecule has 0 atom stereocenters. The van der Waals surface area contributed by atoms with Gasteiger partial charge in [0.05, 0.1) is 0 Å². The van der Waals surface area contributed by atoms with E-state index < -0.39 is 8.24 Å². The van der Waals surface area contributed by atoms with E-state index in [0.29, 0.717) is 16.6 Å². The average Bonchev–Trinajstić information content (AvgIpc) is 2.02. The predicted molar refractivity (Wildman–Crippen MR) is 69.5 cm³/mol. The third-order valence-electron chi connectivity index (χ3n) is 3.83. The minimum absolute atomic E-state index is 0.220. The summed E-state index contributed by atoms with van der Waals surface area (Å²) in [4.78, 5) is 11.7. The van der Waals surface area contributed by atoms with Crippen LogP contribution in [0, 0.1) is 0 Å². The van der Waals surface area contributed by atoms with Crippen LogP contribution < -0.4 is 0 Å². The van der Waals surface area contributed by atoms with Crippen molar-refractivity contribution in [1.29, 1.82) is 0 Å². The van der Waals surface area contributed by atoms with E-state index in [1.807, 2.05) is 7.05 Å². The molecule has 0 fully saturated rings. The van der Waals surface area contributed by atoms with Crippen molar-refractivity contribution in [3.05, 3.63) is 0 Å². The lowest BCUT2D eigenvalue weighted by molar-refractivity contribution is -0.124. The molecule has 90 valence electrons. The standard InChI is InChI=1S/C12H27NOSi/c1-9(2)15(10(3)4,11(5)6)13(8)12(7)14/h9-11H,1-8H3. The second kappa shape index (κ2) is 5.15. The van der Waals surface area contributed by atoms with Crippen LogP contribution in [0.3, 0.4) is 0 Å². The lowest BCUT2D eigenvalue weighted by Crippen LogP contribution is -2.60. The molecule has 1 amide bonds. The van der Waals surface area contributed by atoms with Crippen LogP contribution in [0.1, 0.15) is 48.5 Å². The maximum absolute atomic E-state index is 11.7. The molecule has 0 spiro atoms. The number of hydrogen-bond donors (Lipinski definition) is 0. The van der Waals surface area contributed by atoms with Crippen molar-refractivity contribution >= 4 is 14.1 Å². The van der Waals surface area contributed by atoms with Crippen molar-refractivity contribution < 1.29 is 4.79 Å². The van der Waals surface area contributed by atoms with E-state index in [-0.39, 0.29) is 5.91 Å². The fourth-order valence-electron chi connectivity index (χ4n) is 3.43. The molecule has 15 heavy (non-hydrogen) atoms. The summed E-state index contributed by atoms with van der Waals surface area (Å²) in [7, 11) is 0.284. The highest BCUT2D eigenvalue weighted by Crippen LogP contribution is 2.43. The Hall–Kier alpha value is -0.313. The Morgan fingerprint density at radius 1 is 0.933 bits per heavy atom. The van der Waals surface area contributed by atoms with Crippen LogP contribution in [-0.4, -0.2) is 25.8 Å². The summed E-state index contributed by atoms with van der Waals surface area (Å²) in [6.07, 6.45) is 0. The van der Waals surface area contributed by atoms with E-state index in [0.717, 1.165) is 0 Å². The van der Waals surface area contributed by atoms with Crippen LogP contribution in [0.5, 0.6) is 0 Å². The second-order valence-electron chi connectivity index (χ2n) is 5.43. The van der Waals surface area contributed by atoms with Gasteiger partial charge in [0.1, 0.15) is 0 Å². The molecule has 0 rings (SSSR count). The van der Waals surface area contributed by atoms with E-state index in [9.17, 15) is 4.79 Å². The SMILES string of the molecule is CC(=O)N(C)[Si](C(C)C)(C(C)C)C(C)C. The topological polar surface area (TPSA) is 20.3 Å². The maximum atomic E-state index is 11.7. The Morgan fingerprint density at radius 3 is 1.27 bits per heavy atom. The number of carbonyl (C=O) groups is 1. The number of hydrogen-bond acceptors (Lipinski definition) is 1.